The molecule has 212 valence electrons. The van der Waals surface area contributed by atoms with E-state index in [0.717, 1.165) is 10.1 Å². The van der Waals surface area contributed by atoms with Crippen molar-refractivity contribution in [2.75, 3.05) is 12.4 Å². The minimum absolute atomic E-state index is 0.0243. The molecule has 2 aromatic carbocycles. The van der Waals surface area contributed by atoms with E-state index in [0.29, 0.717) is 17.7 Å². The van der Waals surface area contributed by atoms with Gasteiger partial charge in [-0.15, -0.1) is 0 Å². The zero-order valence-electron chi connectivity index (χ0n) is 22.3. The highest BCUT2D eigenvalue weighted by Gasteiger charge is 2.31. The van der Waals surface area contributed by atoms with E-state index in [-0.39, 0.29) is 23.6 Å². The Labute approximate surface area is 234 Å². The number of para-hydroxylation sites is 1. The third-order valence-corrected chi connectivity index (χ3v) is 6.35. The summed E-state index contributed by atoms with van der Waals surface area (Å²) >= 11 is 0. The van der Waals surface area contributed by atoms with Crippen LogP contribution in [-0.4, -0.2) is 51.4 Å². The Bertz CT molecular complexity index is 1640. The third-order valence-electron chi connectivity index (χ3n) is 6.35. The number of carbonyl (C=O) groups excluding carboxylic acids is 3. The highest BCUT2D eigenvalue weighted by molar-refractivity contribution is 6.02. The predicted molar refractivity (Wildman–Crippen MR) is 148 cm³/mol. The fourth-order valence-corrected chi connectivity index (χ4v) is 4.17. The summed E-state index contributed by atoms with van der Waals surface area (Å²) in [7, 11) is 1.42. The van der Waals surface area contributed by atoms with Gasteiger partial charge in [0.1, 0.15) is 23.3 Å². The molecule has 2 heterocycles. The Morgan fingerprint density at radius 1 is 1.05 bits per heavy atom. The van der Waals surface area contributed by atoms with Crippen LogP contribution in [0.4, 0.5) is 5.69 Å². The molecule has 2 amide bonds. The van der Waals surface area contributed by atoms with Gasteiger partial charge >= 0.3 is 5.97 Å². The smallest absolute Gasteiger partial charge is 0.305 e. The first kappa shape index (κ1) is 28.7. The van der Waals surface area contributed by atoms with E-state index in [1.54, 1.807) is 18.2 Å². The number of ketones is 1. The van der Waals surface area contributed by atoms with Gasteiger partial charge in [-0.25, -0.2) is 4.98 Å². The van der Waals surface area contributed by atoms with Gasteiger partial charge in [-0.1, -0.05) is 36.4 Å². The number of nitrogens with zero attached hydrogens (tertiary/aromatic N) is 2. The molecule has 12 heteroatoms. The van der Waals surface area contributed by atoms with Gasteiger partial charge in [-0.2, -0.15) is 0 Å². The number of Topliss-reactive ketones (excluding diaryl/α,β-unsaturated/α-hetero) is 1. The molecule has 2 aromatic heterocycles. The van der Waals surface area contributed by atoms with Crippen molar-refractivity contribution in [2.24, 2.45) is 0 Å². The topological polar surface area (TPSA) is 170 Å². The average Bonchev–Trinajstić information content (AvgIpc) is 3.41. The number of rotatable bonds is 12. The van der Waals surface area contributed by atoms with Crippen molar-refractivity contribution in [3.8, 4) is 5.75 Å². The molecule has 12 nitrogen and oxygen atoms in total. The number of hydrogen-bond acceptors (Lipinski definition) is 8. The number of oxazole rings is 1. The number of nitrogens with one attached hydrogen (secondary N) is 2. The normalized spacial score (nSPS) is 12.3. The average molecular weight is 561 g/mol. The van der Waals surface area contributed by atoms with Crippen molar-refractivity contribution < 1.29 is 33.4 Å². The molecule has 0 saturated heterocycles. The van der Waals surface area contributed by atoms with Crippen molar-refractivity contribution in [3.05, 3.63) is 88.7 Å². The molecule has 0 fully saturated rings. The lowest BCUT2D eigenvalue weighted by atomic mass is 10.1. The molecule has 0 radical (unpaired) electrons. The third kappa shape index (κ3) is 6.85. The van der Waals surface area contributed by atoms with E-state index in [1.807, 2.05) is 30.3 Å². The lowest BCUT2D eigenvalue weighted by Gasteiger charge is -2.20. The van der Waals surface area contributed by atoms with Crippen molar-refractivity contribution in [1.29, 1.82) is 0 Å². The van der Waals surface area contributed by atoms with Crippen LogP contribution in [0.5, 0.6) is 5.75 Å². The molecule has 4 rings (SSSR count). The lowest BCUT2D eigenvalue weighted by molar-refractivity contribution is -0.137. The number of carbonyl (C=O) groups is 4. The fourth-order valence-electron chi connectivity index (χ4n) is 4.17. The summed E-state index contributed by atoms with van der Waals surface area (Å²) in [4.78, 5) is 67.4. The van der Waals surface area contributed by atoms with E-state index in [4.69, 9.17) is 9.15 Å². The zero-order chi connectivity index (χ0) is 29.5. The summed E-state index contributed by atoms with van der Waals surface area (Å²) in [6.45, 7) is 1.41. The number of carboxylic acid groups (broad SMARTS) is 1. The number of amides is 2. The Morgan fingerprint density at radius 2 is 1.80 bits per heavy atom. The molecular formula is C29H28N4O8. The summed E-state index contributed by atoms with van der Waals surface area (Å²) in [5.41, 5.74) is 0.817. The maximum Gasteiger partial charge on any atom is 0.305 e. The number of aromatic nitrogens is 2. The van der Waals surface area contributed by atoms with Gasteiger partial charge in [0.05, 0.1) is 13.5 Å². The van der Waals surface area contributed by atoms with Crippen molar-refractivity contribution >= 4 is 40.4 Å². The second kappa shape index (κ2) is 12.7. The van der Waals surface area contributed by atoms with Crippen molar-refractivity contribution in [2.45, 2.75) is 38.3 Å². The Hall–Kier alpha value is -5.26. The molecule has 3 N–H and O–H groups in total. The van der Waals surface area contributed by atoms with Crippen molar-refractivity contribution in [3.63, 3.8) is 0 Å². The van der Waals surface area contributed by atoms with Gasteiger partial charge in [0, 0.05) is 12.6 Å². The predicted octanol–water partition coefficient (Wildman–Crippen LogP) is 2.97. The van der Waals surface area contributed by atoms with E-state index in [2.05, 4.69) is 15.6 Å². The largest absolute Gasteiger partial charge is 0.493 e. The molecular weight excluding hydrogens is 532 g/mol. The first-order valence-electron chi connectivity index (χ1n) is 12.7. The Morgan fingerprint density at radius 3 is 2.51 bits per heavy atom. The number of benzene rings is 2. The van der Waals surface area contributed by atoms with Gasteiger partial charge in [0.2, 0.25) is 17.6 Å². The summed E-state index contributed by atoms with van der Waals surface area (Å²) in [5, 5.41) is 14.4. The fraction of sp³-hybridized carbons (Fsp3) is 0.241. The maximum absolute atomic E-state index is 13.2. The van der Waals surface area contributed by atoms with Crippen LogP contribution >= 0.6 is 0 Å². The number of carboxylic acids is 1. The summed E-state index contributed by atoms with van der Waals surface area (Å²) < 4.78 is 11.8. The van der Waals surface area contributed by atoms with Crippen LogP contribution in [0, 0.1) is 0 Å². The van der Waals surface area contributed by atoms with Crippen LogP contribution < -0.4 is 20.9 Å². The summed E-state index contributed by atoms with van der Waals surface area (Å²) in [6, 6.07) is 14.5. The zero-order valence-corrected chi connectivity index (χ0v) is 22.3. The SMILES string of the molecule is COc1cccc2nc(C(=O)[C@H](CC(=O)O)NC(=O)[C@H](C)n3cccc(NC(=O)CCc4ccccc4)c3=O)oc12. The maximum atomic E-state index is 13.2. The Kier molecular flexibility index (Phi) is 8.92. The number of fused-ring (bicyclic) bond motifs is 1. The molecule has 0 bridgehead atoms. The number of aliphatic carboxylic acids is 1. The number of ether oxygens (including phenoxy) is 1. The van der Waals surface area contributed by atoms with Gasteiger partial charge < -0.3 is 29.5 Å². The highest BCUT2D eigenvalue weighted by atomic mass is 16.5. The lowest BCUT2D eigenvalue weighted by Crippen LogP contribution is -2.46. The van der Waals surface area contributed by atoms with Crippen LogP contribution in [0.3, 0.4) is 0 Å². The summed E-state index contributed by atoms with van der Waals surface area (Å²) in [6.07, 6.45) is 1.24. The highest BCUT2D eigenvalue weighted by Crippen LogP contribution is 2.26. The molecule has 0 unspecified atom stereocenters. The number of methoxy groups -OCH3 is 1. The van der Waals surface area contributed by atoms with Gasteiger partial charge in [0.15, 0.2) is 11.3 Å². The molecule has 0 aliphatic carbocycles. The summed E-state index contributed by atoms with van der Waals surface area (Å²) in [5.74, 6) is -3.45. The molecule has 0 saturated carbocycles. The first-order valence-corrected chi connectivity index (χ1v) is 12.7. The van der Waals surface area contributed by atoms with Crippen molar-refractivity contribution in [1.82, 2.24) is 14.9 Å². The van der Waals surface area contributed by atoms with Crippen LogP contribution in [0.25, 0.3) is 11.1 Å². The minimum Gasteiger partial charge on any atom is -0.493 e. The van der Waals surface area contributed by atoms with Gasteiger partial charge in [-0.3, -0.25) is 24.0 Å². The molecule has 0 spiro atoms. The van der Waals surface area contributed by atoms with Crippen LogP contribution in [0.15, 0.2) is 76.1 Å². The van der Waals surface area contributed by atoms with Crippen LogP contribution in [0.1, 0.15) is 42.1 Å². The van der Waals surface area contributed by atoms with E-state index >= 15 is 0 Å². The molecule has 4 aromatic rings. The molecule has 41 heavy (non-hydrogen) atoms. The molecule has 0 aliphatic rings. The number of aryl methyl sites for hydroxylation is 1. The quantitative estimate of drug-likeness (QED) is 0.220. The van der Waals surface area contributed by atoms with Gasteiger partial charge in [-0.05, 0) is 43.2 Å². The van der Waals surface area contributed by atoms with E-state index in [1.165, 1.54) is 32.4 Å². The molecule has 0 aliphatic heterocycles. The number of hydrogen-bond donors (Lipinski definition) is 3. The second-order valence-electron chi connectivity index (χ2n) is 9.19. The second-order valence-corrected chi connectivity index (χ2v) is 9.19. The van der Waals surface area contributed by atoms with E-state index in [9.17, 15) is 29.1 Å². The van der Waals surface area contributed by atoms with Gasteiger partial charge in [0.25, 0.3) is 11.4 Å². The van der Waals surface area contributed by atoms with Crippen LogP contribution in [-0.2, 0) is 20.8 Å². The minimum atomic E-state index is -1.53. The monoisotopic (exact) mass is 560 g/mol. The Balaban J connectivity index is 1.48. The van der Waals surface area contributed by atoms with E-state index < -0.39 is 47.6 Å². The standard InChI is InChI=1S/C29H28N4O8/c1-17(33-15-7-11-20(29(33)39)30-23(34)14-13-18-8-4-3-5-9-18)27(38)31-21(16-24(35)36)25(37)28-32-19-10-6-12-22(40-2)26(19)41-28/h3-12,15,17,21H,13-14,16H2,1-2H3,(H,30,34)(H,31,38)(H,35,36)/t17-,21-/m0/s1. The number of pyridine rings is 1. The van der Waals surface area contributed by atoms with Crippen LogP contribution in [0.2, 0.25) is 0 Å². The number of anilines is 1. The molecule has 2 atom stereocenters. The first-order chi connectivity index (χ1) is 19.7.